The predicted octanol–water partition coefficient (Wildman–Crippen LogP) is 0.918. The maximum absolute atomic E-state index is 12.0. The molecule has 1 atom stereocenters. The highest BCUT2D eigenvalue weighted by atomic mass is 16.5. The molecule has 1 saturated heterocycles. The summed E-state index contributed by atoms with van der Waals surface area (Å²) in [6, 6.07) is -0.219. The highest BCUT2D eigenvalue weighted by Crippen LogP contribution is 2.17. The van der Waals surface area contributed by atoms with Gasteiger partial charge in [0.1, 0.15) is 0 Å². The second kappa shape index (κ2) is 6.04. The monoisotopic (exact) mass is 258 g/mol. The van der Waals surface area contributed by atoms with Gasteiger partial charge >= 0.3 is 12.0 Å². The smallest absolute Gasteiger partial charge is 0.317 e. The van der Waals surface area contributed by atoms with E-state index in [1.54, 1.807) is 12.0 Å². The van der Waals surface area contributed by atoms with Crippen LogP contribution in [0.1, 0.15) is 26.7 Å². The fraction of sp³-hybridized carbons (Fsp3) is 0.833. The Morgan fingerprint density at radius 1 is 1.50 bits per heavy atom. The molecule has 1 heterocycles. The van der Waals surface area contributed by atoms with Crippen molar-refractivity contribution in [3.63, 3.8) is 0 Å². The van der Waals surface area contributed by atoms with E-state index in [1.165, 1.54) is 0 Å². The number of likely N-dealkylation sites (tertiary alicyclic amines) is 1. The Hall–Kier alpha value is -1.30. The van der Waals surface area contributed by atoms with Gasteiger partial charge in [-0.25, -0.2) is 4.79 Å². The fourth-order valence-electron chi connectivity index (χ4n) is 2.13. The molecule has 0 aromatic rings. The number of methoxy groups -OCH3 is 1. The molecule has 0 radical (unpaired) electrons. The topological polar surface area (TPSA) is 78.9 Å². The number of amides is 2. The second-order valence-electron chi connectivity index (χ2n) is 5.37. The van der Waals surface area contributed by atoms with Crippen LogP contribution in [-0.2, 0) is 9.53 Å². The van der Waals surface area contributed by atoms with Crippen LogP contribution >= 0.6 is 0 Å². The molecule has 1 aliphatic heterocycles. The second-order valence-corrected chi connectivity index (χ2v) is 5.37. The number of hydrogen-bond acceptors (Lipinski definition) is 3. The van der Waals surface area contributed by atoms with Gasteiger partial charge in [-0.3, -0.25) is 4.79 Å². The summed E-state index contributed by atoms with van der Waals surface area (Å²) in [6.07, 6.45) is 1.37. The molecule has 1 rings (SSSR count). The minimum absolute atomic E-state index is 0.219. The minimum Gasteiger partial charge on any atom is -0.481 e. The van der Waals surface area contributed by atoms with Crippen LogP contribution in [0.2, 0.25) is 0 Å². The first-order valence-electron chi connectivity index (χ1n) is 6.14. The van der Waals surface area contributed by atoms with Gasteiger partial charge in [0.25, 0.3) is 0 Å². The highest BCUT2D eigenvalue weighted by Gasteiger charge is 2.30. The number of ether oxygens (including phenoxy) is 1. The van der Waals surface area contributed by atoms with Gasteiger partial charge < -0.3 is 20.1 Å². The fourth-order valence-corrected chi connectivity index (χ4v) is 2.13. The quantitative estimate of drug-likeness (QED) is 0.786. The van der Waals surface area contributed by atoms with E-state index in [-0.39, 0.29) is 12.6 Å². The number of piperidine rings is 1. The van der Waals surface area contributed by atoms with Crippen molar-refractivity contribution in [3.05, 3.63) is 0 Å². The molecule has 0 aromatic carbocycles. The molecular weight excluding hydrogens is 236 g/mol. The summed E-state index contributed by atoms with van der Waals surface area (Å²) in [4.78, 5) is 24.5. The molecule has 2 amide bonds. The van der Waals surface area contributed by atoms with Crippen LogP contribution < -0.4 is 5.32 Å². The van der Waals surface area contributed by atoms with E-state index in [4.69, 9.17) is 9.84 Å². The Morgan fingerprint density at radius 3 is 2.72 bits per heavy atom. The molecule has 18 heavy (non-hydrogen) atoms. The van der Waals surface area contributed by atoms with Crippen molar-refractivity contribution in [1.82, 2.24) is 10.2 Å². The Morgan fingerprint density at radius 2 is 2.17 bits per heavy atom. The molecule has 6 nitrogen and oxygen atoms in total. The van der Waals surface area contributed by atoms with Gasteiger partial charge in [0.05, 0.1) is 18.1 Å². The zero-order valence-electron chi connectivity index (χ0n) is 11.2. The van der Waals surface area contributed by atoms with Crippen molar-refractivity contribution in [2.75, 3.05) is 26.8 Å². The van der Waals surface area contributed by atoms with Crippen LogP contribution in [0.25, 0.3) is 0 Å². The molecule has 0 bridgehead atoms. The van der Waals surface area contributed by atoms with Gasteiger partial charge in [-0.1, -0.05) is 0 Å². The Labute approximate surface area is 107 Å². The normalized spacial score (nSPS) is 20.6. The first-order valence-corrected chi connectivity index (χ1v) is 6.14. The molecule has 1 fully saturated rings. The number of carboxylic acids is 1. The maximum Gasteiger partial charge on any atom is 0.317 e. The lowest BCUT2D eigenvalue weighted by atomic mass is 9.98. The Balaban J connectivity index is 2.53. The number of nitrogens with zero attached hydrogens (tertiary/aromatic N) is 1. The molecule has 104 valence electrons. The molecule has 0 unspecified atom stereocenters. The van der Waals surface area contributed by atoms with Crippen LogP contribution in [0.5, 0.6) is 0 Å². The van der Waals surface area contributed by atoms with Gasteiger partial charge in [0, 0.05) is 20.2 Å². The standard InChI is InChI=1S/C12H22N2O4/c1-12(2,8-18-3)13-11(17)14-6-4-5-9(7-14)10(15)16/h9H,4-8H2,1-3H3,(H,13,17)(H,15,16)/t9-/m0/s1. The van der Waals surface area contributed by atoms with Crippen LogP contribution in [0.4, 0.5) is 4.79 Å². The van der Waals surface area contributed by atoms with Crippen LogP contribution in [0.3, 0.4) is 0 Å². The third-order valence-corrected chi connectivity index (χ3v) is 3.01. The largest absolute Gasteiger partial charge is 0.481 e. The van der Waals surface area contributed by atoms with Crippen molar-refractivity contribution in [3.8, 4) is 0 Å². The van der Waals surface area contributed by atoms with Crippen LogP contribution in [0, 0.1) is 5.92 Å². The number of hydrogen-bond donors (Lipinski definition) is 2. The zero-order valence-corrected chi connectivity index (χ0v) is 11.2. The number of carboxylic acid groups (broad SMARTS) is 1. The van der Waals surface area contributed by atoms with Gasteiger partial charge in [-0.05, 0) is 26.7 Å². The zero-order chi connectivity index (χ0) is 13.8. The number of rotatable bonds is 4. The first kappa shape index (κ1) is 14.8. The van der Waals surface area contributed by atoms with E-state index in [9.17, 15) is 9.59 Å². The van der Waals surface area contributed by atoms with Crippen molar-refractivity contribution in [2.24, 2.45) is 5.92 Å². The molecule has 0 aromatic heterocycles. The first-order chi connectivity index (χ1) is 8.35. The third kappa shape index (κ3) is 4.18. The predicted molar refractivity (Wildman–Crippen MR) is 66.4 cm³/mol. The summed E-state index contributed by atoms with van der Waals surface area (Å²) < 4.78 is 5.03. The molecule has 6 heteroatoms. The molecule has 0 aliphatic carbocycles. The molecule has 1 aliphatic rings. The Kier molecular flexibility index (Phi) is 4.95. The number of urea groups is 1. The van der Waals surface area contributed by atoms with E-state index >= 15 is 0 Å². The number of carbonyl (C=O) groups is 2. The summed E-state index contributed by atoms with van der Waals surface area (Å²) in [5, 5.41) is 11.8. The van der Waals surface area contributed by atoms with E-state index in [2.05, 4.69) is 5.32 Å². The van der Waals surface area contributed by atoms with E-state index < -0.39 is 17.4 Å². The number of aliphatic carboxylic acids is 1. The van der Waals surface area contributed by atoms with Gasteiger partial charge in [0.15, 0.2) is 0 Å². The summed E-state index contributed by atoms with van der Waals surface area (Å²) in [5.41, 5.74) is -0.456. The summed E-state index contributed by atoms with van der Waals surface area (Å²) in [5.74, 6) is -1.28. The number of carbonyl (C=O) groups excluding carboxylic acids is 1. The summed E-state index contributed by atoms with van der Waals surface area (Å²) in [7, 11) is 1.58. The average molecular weight is 258 g/mol. The summed E-state index contributed by atoms with van der Waals surface area (Å²) >= 11 is 0. The molecular formula is C12H22N2O4. The van der Waals surface area contributed by atoms with Crippen LogP contribution in [-0.4, -0.2) is 54.4 Å². The SMILES string of the molecule is COCC(C)(C)NC(=O)N1CCC[C@H](C(=O)O)C1. The van der Waals surface area contributed by atoms with E-state index in [1.807, 2.05) is 13.8 Å². The average Bonchev–Trinajstić information content (AvgIpc) is 2.28. The van der Waals surface area contributed by atoms with Gasteiger partial charge in [-0.15, -0.1) is 0 Å². The highest BCUT2D eigenvalue weighted by molar-refractivity contribution is 5.77. The van der Waals surface area contributed by atoms with Crippen molar-refractivity contribution in [1.29, 1.82) is 0 Å². The molecule has 2 N–H and O–H groups in total. The van der Waals surface area contributed by atoms with Crippen molar-refractivity contribution in [2.45, 2.75) is 32.2 Å². The van der Waals surface area contributed by atoms with E-state index in [0.29, 0.717) is 19.6 Å². The van der Waals surface area contributed by atoms with Gasteiger partial charge in [-0.2, -0.15) is 0 Å². The lowest BCUT2D eigenvalue weighted by Crippen LogP contribution is -2.54. The lowest BCUT2D eigenvalue weighted by molar-refractivity contribution is -0.143. The van der Waals surface area contributed by atoms with Crippen molar-refractivity contribution < 1.29 is 19.4 Å². The van der Waals surface area contributed by atoms with Gasteiger partial charge in [0.2, 0.25) is 0 Å². The summed E-state index contributed by atoms with van der Waals surface area (Å²) in [6.45, 7) is 5.04. The Bertz CT molecular complexity index is 317. The molecule has 0 saturated carbocycles. The van der Waals surface area contributed by atoms with E-state index in [0.717, 1.165) is 6.42 Å². The lowest BCUT2D eigenvalue weighted by Gasteiger charge is -2.34. The maximum atomic E-state index is 12.0. The minimum atomic E-state index is -0.830. The van der Waals surface area contributed by atoms with Crippen molar-refractivity contribution >= 4 is 12.0 Å². The van der Waals surface area contributed by atoms with Crippen LogP contribution in [0.15, 0.2) is 0 Å². The number of nitrogens with one attached hydrogen (secondary N) is 1. The third-order valence-electron chi connectivity index (χ3n) is 3.01. The molecule has 0 spiro atoms.